The predicted octanol–water partition coefficient (Wildman–Crippen LogP) is 2.58. The van der Waals surface area contributed by atoms with Gasteiger partial charge in [0.2, 0.25) is 0 Å². The third-order valence-corrected chi connectivity index (χ3v) is 3.31. The summed E-state index contributed by atoms with van der Waals surface area (Å²) in [6.07, 6.45) is 2.77. The number of aryl methyl sites for hydroxylation is 1. The molecule has 86 valence electrons. The maximum absolute atomic E-state index is 11.9. The molecule has 1 heterocycles. The van der Waals surface area contributed by atoms with E-state index in [0.717, 1.165) is 36.1 Å². The first-order valence-corrected chi connectivity index (χ1v) is 6.00. The van der Waals surface area contributed by atoms with Gasteiger partial charge in [0.1, 0.15) is 5.82 Å². The van der Waals surface area contributed by atoms with Crippen molar-refractivity contribution in [3.63, 3.8) is 0 Å². The van der Waals surface area contributed by atoms with Crippen molar-refractivity contribution in [3.05, 3.63) is 50.9 Å². The van der Waals surface area contributed by atoms with Crippen molar-refractivity contribution in [3.8, 4) is 11.4 Å². The van der Waals surface area contributed by atoms with Gasteiger partial charge in [-0.15, -0.1) is 0 Å². The molecule has 3 nitrogen and oxygen atoms in total. The second-order valence-electron chi connectivity index (χ2n) is 4.20. The van der Waals surface area contributed by atoms with Crippen LogP contribution in [0, 0.1) is 0 Å². The summed E-state index contributed by atoms with van der Waals surface area (Å²) in [6, 6.07) is 7.32. The summed E-state index contributed by atoms with van der Waals surface area (Å²) < 4.78 is 0. The normalized spacial score (nSPS) is 13.7. The van der Waals surface area contributed by atoms with E-state index in [1.54, 1.807) is 12.1 Å². The fourth-order valence-corrected chi connectivity index (χ4v) is 2.31. The molecule has 3 rings (SSSR count). The summed E-state index contributed by atoms with van der Waals surface area (Å²) in [5, 5.41) is 0.678. The lowest BCUT2D eigenvalue weighted by Crippen LogP contribution is -2.15. The van der Waals surface area contributed by atoms with Gasteiger partial charge in [-0.2, -0.15) is 0 Å². The topological polar surface area (TPSA) is 45.8 Å². The average Bonchev–Trinajstić information content (AvgIpc) is 2.78. The number of fused-ring (bicyclic) bond motifs is 1. The first kappa shape index (κ1) is 10.5. The van der Waals surface area contributed by atoms with Crippen molar-refractivity contribution in [1.82, 2.24) is 9.97 Å². The minimum Gasteiger partial charge on any atom is -0.306 e. The van der Waals surface area contributed by atoms with Gasteiger partial charge >= 0.3 is 0 Å². The molecule has 0 unspecified atom stereocenters. The van der Waals surface area contributed by atoms with Crippen molar-refractivity contribution in [2.24, 2.45) is 0 Å². The predicted molar refractivity (Wildman–Crippen MR) is 67.3 cm³/mol. The summed E-state index contributed by atoms with van der Waals surface area (Å²) in [6.45, 7) is 0. The fraction of sp³-hybridized carbons (Fsp3) is 0.231. The number of hydrogen-bond donors (Lipinski definition) is 1. The van der Waals surface area contributed by atoms with E-state index < -0.39 is 0 Å². The van der Waals surface area contributed by atoms with Crippen LogP contribution in [0.15, 0.2) is 29.1 Å². The Labute approximate surface area is 103 Å². The first-order valence-electron chi connectivity index (χ1n) is 5.62. The van der Waals surface area contributed by atoms with Gasteiger partial charge in [-0.05, 0) is 43.5 Å². The molecule has 1 aliphatic carbocycles. The minimum atomic E-state index is -0.00236. The van der Waals surface area contributed by atoms with E-state index in [9.17, 15) is 4.79 Å². The molecule has 2 aromatic rings. The Morgan fingerprint density at radius 1 is 1.18 bits per heavy atom. The van der Waals surface area contributed by atoms with Gasteiger partial charge in [-0.25, -0.2) is 4.98 Å². The Morgan fingerprint density at radius 3 is 2.71 bits per heavy atom. The van der Waals surface area contributed by atoms with Crippen LogP contribution in [-0.4, -0.2) is 9.97 Å². The van der Waals surface area contributed by atoms with E-state index in [1.807, 2.05) is 12.1 Å². The zero-order valence-corrected chi connectivity index (χ0v) is 9.92. The Kier molecular flexibility index (Phi) is 2.48. The van der Waals surface area contributed by atoms with Crippen LogP contribution in [0.1, 0.15) is 17.7 Å². The molecule has 0 bridgehead atoms. The Balaban J connectivity index is 2.13. The summed E-state index contributed by atoms with van der Waals surface area (Å²) in [5.74, 6) is 0.632. The summed E-state index contributed by atoms with van der Waals surface area (Å²) in [4.78, 5) is 19.2. The zero-order chi connectivity index (χ0) is 11.8. The highest BCUT2D eigenvalue weighted by Gasteiger charge is 2.17. The summed E-state index contributed by atoms with van der Waals surface area (Å²) in [7, 11) is 0. The van der Waals surface area contributed by atoms with Gasteiger partial charge in [0.25, 0.3) is 5.56 Å². The third-order valence-electron chi connectivity index (χ3n) is 3.06. The fourth-order valence-electron chi connectivity index (χ4n) is 2.19. The van der Waals surface area contributed by atoms with Crippen molar-refractivity contribution in [2.75, 3.05) is 0 Å². The lowest BCUT2D eigenvalue weighted by Gasteiger charge is -2.04. The molecule has 0 saturated heterocycles. The Hall–Kier alpha value is -1.61. The number of aromatic amines is 1. The monoisotopic (exact) mass is 246 g/mol. The van der Waals surface area contributed by atoms with E-state index in [1.165, 1.54) is 0 Å². The van der Waals surface area contributed by atoms with Gasteiger partial charge in [-0.1, -0.05) is 11.6 Å². The largest absolute Gasteiger partial charge is 0.306 e. The van der Waals surface area contributed by atoms with Crippen molar-refractivity contribution >= 4 is 11.6 Å². The van der Waals surface area contributed by atoms with Gasteiger partial charge in [0, 0.05) is 16.1 Å². The molecule has 1 aromatic carbocycles. The molecule has 0 amide bonds. The smallest absolute Gasteiger partial charge is 0.254 e. The highest BCUT2D eigenvalue weighted by Crippen LogP contribution is 2.21. The first-order chi connectivity index (χ1) is 8.24. The SMILES string of the molecule is O=c1[nH]c(-c2ccc(Cl)cc2)nc2c1CCC2. The highest BCUT2D eigenvalue weighted by molar-refractivity contribution is 6.30. The van der Waals surface area contributed by atoms with Crippen molar-refractivity contribution in [1.29, 1.82) is 0 Å². The molecule has 4 heteroatoms. The van der Waals surface area contributed by atoms with E-state index in [2.05, 4.69) is 9.97 Å². The summed E-state index contributed by atoms with van der Waals surface area (Å²) >= 11 is 5.83. The number of hydrogen-bond acceptors (Lipinski definition) is 2. The average molecular weight is 247 g/mol. The van der Waals surface area contributed by atoms with E-state index in [0.29, 0.717) is 10.8 Å². The molecule has 1 aromatic heterocycles. The van der Waals surface area contributed by atoms with Crippen LogP contribution < -0.4 is 5.56 Å². The quantitative estimate of drug-likeness (QED) is 0.841. The Morgan fingerprint density at radius 2 is 1.94 bits per heavy atom. The van der Waals surface area contributed by atoms with Crippen LogP contribution in [-0.2, 0) is 12.8 Å². The summed E-state index contributed by atoms with van der Waals surface area (Å²) in [5.41, 5.74) is 2.68. The van der Waals surface area contributed by atoms with E-state index in [-0.39, 0.29) is 5.56 Å². The highest BCUT2D eigenvalue weighted by atomic mass is 35.5. The maximum atomic E-state index is 11.9. The van der Waals surface area contributed by atoms with Crippen molar-refractivity contribution in [2.45, 2.75) is 19.3 Å². The van der Waals surface area contributed by atoms with Crippen LogP contribution in [0.4, 0.5) is 0 Å². The zero-order valence-electron chi connectivity index (χ0n) is 9.16. The van der Waals surface area contributed by atoms with E-state index in [4.69, 9.17) is 11.6 Å². The van der Waals surface area contributed by atoms with Crippen LogP contribution >= 0.6 is 11.6 Å². The lowest BCUT2D eigenvalue weighted by molar-refractivity contribution is 0.899. The number of benzene rings is 1. The lowest BCUT2D eigenvalue weighted by atomic mass is 10.2. The van der Waals surface area contributed by atoms with Gasteiger partial charge < -0.3 is 4.98 Å². The molecular formula is C13H11ClN2O. The third kappa shape index (κ3) is 1.87. The number of nitrogens with zero attached hydrogens (tertiary/aromatic N) is 1. The number of aromatic nitrogens is 2. The number of H-pyrrole nitrogens is 1. The molecule has 0 aliphatic heterocycles. The maximum Gasteiger partial charge on any atom is 0.254 e. The second kappa shape index (κ2) is 4.00. The molecule has 0 saturated carbocycles. The molecule has 17 heavy (non-hydrogen) atoms. The minimum absolute atomic E-state index is 0.00236. The molecule has 1 aliphatic rings. The molecule has 1 N–H and O–H groups in total. The van der Waals surface area contributed by atoms with Crippen molar-refractivity contribution < 1.29 is 0 Å². The molecule has 0 spiro atoms. The molecular weight excluding hydrogens is 236 g/mol. The van der Waals surface area contributed by atoms with Crippen LogP contribution in [0.2, 0.25) is 5.02 Å². The number of rotatable bonds is 1. The van der Waals surface area contributed by atoms with Gasteiger partial charge in [0.15, 0.2) is 0 Å². The molecule has 0 atom stereocenters. The van der Waals surface area contributed by atoms with Crippen LogP contribution in [0.3, 0.4) is 0 Å². The second-order valence-corrected chi connectivity index (χ2v) is 4.64. The molecule has 0 fully saturated rings. The number of nitrogens with one attached hydrogen (secondary N) is 1. The number of halogens is 1. The van der Waals surface area contributed by atoms with E-state index >= 15 is 0 Å². The molecule has 0 radical (unpaired) electrons. The Bertz CT molecular complexity index is 616. The van der Waals surface area contributed by atoms with Gasteiger partial charge in [-0.3, -0.25) is 4.79 Å². The van der Waals surface area contributed by atoms with Gasteiger partial charge in [0.05, 0.1) is 5.69 Å². The standard InChI is InChI=1S/C13H11ClN2O/c14-9-6-4-8(5-7-9)12-15-11-3-1-2-10(11)13(17)16-12/h4-7H,1-3H2,(H,15,16,17). The van der Waals surface area contributed by atoms with Crippen LogP contribution in [0.25, 0.3) is 11.4 Å². The van der Waals surface area contributed by atoms with Crippen LogP contribution in [0.5, 0.6) is 0 Å².